The van der Waals surface area contributed by atoms with Gasteiger partial charge < -0.3 is 9.84 Å². The molecule has 1 heterocycles. The summed E-state index contributed by atoms with van der Waals surface area (Å²) in [4.78, 5) is 4.26. The summed E-state index contributed by atoms with van der Waals surface area (Å²) < 4.78 is 18.6. The maximum atomic E-state index is 13.5. The van der Waals surface area contributed by atoms with Gasteiger partial charge in [0.1, 0.15) is 5.82 Å². The van der Waals surface area contributed by atoms with E-state index in [2.05, 4.69) is 29.3 Å². The van der Waals surface area contributed by atoms with Crippen molar-refractivity contribution in [2.45, 2.75) is 32.7 Å². The smallest absolute Gasteiger partial charge is 0.227 e. The third-order valence-electron chi connectivity index (χ3n) is 2.71. The number of halogens is 1. The molecule has 1 aromatic carbocycles. The van der Waals surface area contributed by atoms with Crippen LogP contribution in [-0.4, -0.2) is 22.7 Å². The fraction of sp³-hybridized carbons (Fsp3) is 0.429. The summed E-state index contributed by atoms with van der Waals surface area (Å²) in [6.45, 7) is 4.95. The lowest BCUT2D eigenvalue weighted by Gasteiger charge is -2.04. The van der Waals surface area contributed by atoms with E-state index in [1.807, 2.05) is 0 Å². The zero-order valence-corrected chi connectivity index (χ0v) is 11.2. The Morgan fingerprint density at radius 2 is 2.11 bits per heavy atom. The number of hydrogen-bond acceptors (Lipinski definition) is 4. The molecule has 0 aliphatic carbocycles. The Hall–Kier alpha value is -1.75. The van der Waals surface area contributed by atoms with Crippen LogP contribution >= 0.6 is 0 Å². The van der Waals surface area contributed by atoms with Crippen LogP contribution in [0.1, 0.15) is 31.1 Å². The second-order valence-electron chi connectivity index (χ2n) is 4.73. The molecular weight excluding hydrogens is 245 g/mol. The van der Waals surface area contributed by atoms with E-state index in [1.54, 1.807) is 18.2 Å². The molecule has 19 heavy (non-hydrogen) atoms. The van der Waals surface area contributed by atoms with E-state index in [-0.39, 0.29) is 5.82 Å². The number of nitrogens with zero attached hydrogens (tertiary/aromatic N) is 2. The van der Waals surface area contributed by atoms with Crippen LogP contribution in [0.2, 0.25) is 0 Å². The van der Waals surface area contributed by atoms with Gasteiger partial charge >= 0.3 is 0 Å². The molecule has 102 valence electrons. The Balaban J connectivity index is 1.92. The van der Waals surface area contributed by atoms with Crippen molar-refractivity contribution < 1.29 is 8.91 Å². The number of rotatable bonds is 6. The minimum Gasteiger partial charge on any atom is -0.339 e. The van der Waals surface area contributed by atoms with Gasteiger partial charge in [-0.15, -0.1) is 0 Å². The van der Waals surface area contributed by atoms with Crippen LogP contribution in [-0.2, 0) is 12.8 Å². The van der Waals surface area contributed by atoms with Crippen molar-refractivity contribution in [3.8, 4) is 0 Å². The van der Waals surface area contributed by atoms with Crippen molar-refractivity contribution in [1.82, 2.24) is 15.5 Å². The molecule has 2 aromatic rings. The van der Waals surface area contributed by atoms with Crippen molar-refractivity contribution in [2.24, 2.45) is 0 Å². The maximum absolute atomic E-state index is 13.5. The summed E-state index contributed by atoms with van der Waals surface area (Å²) >= 11 is 0. The predicted molar refractivity (Wildman–Crippen MR) is 70.3 cm³/mol. The van der Waals surface area contributed by atoms with E-state index >= 15 is 0 Å². The molecule has 2 rings (SSSR count). The highest BCUT2D eigenvalue weighted by atomic mass is 19.1. The van der Waals surface area contributed by atoms with Crippen molar-refractivity contribution >= 4 is 0 Å². The van der Waals surface area contributed by atoms with Crippen LogP contribution in [0.15, 0.2) is 28.8 Å². The molecule has 0 bridgehead atoms. The van der Waals surface area contributed by atoms with Crippen LogP contribution in [0.25, 0.3) is 0 Å². The largest absolute Gasteiger partial charge is 0.339 e. The minimum atomic E-state index is -0.240. The first-order valence-electron chi connectivity index (χ1n) is 6.43. The highest BCUT2D eigenvalue weighted by molar-refractivity contribution is 5.20. The van der Waals surface area contributed by atoms with Gasteiger partial charge in [0.2, 0.25) is 5.89 Å². The summed E-state index contributed by atoms with van der Waals surface area (Å²) in [6.07, 6.45) is 1.04. The van der Waals surface area contributed by atoms with Gasteiger partial charge in [-0.05, 0) is 11.6 Å². The molecule has 0 unspecified atom stereocenters. The topological polar surface area (TPSA) is 51.0 Å². The molecule has 0 aliphatic rings. The normalized spacial score (nSPS) is 11.2. The fourth-order valence-electron chi connectivity index (χ4n) is 1.74. The molecular formula is C14H18FN3O. The molecule has 0 atom stereocenters. The SMILES string of the molecule is CC(C)NCCc1nc(Cc2ccccc2F)no1. The summed E-state index contributed by atoms with van der Waals surface area (Å²) in [5.74, 6) is 0.861. The summed E-state index contributed by atoms with van der Waals surface area (Å²) in [5, 5.41) is 7.14. The van der Waals surface area contributed by atoms with Crippen LogP contribution in [0.4, 0.5) is 4.39 Å². The first kappa shape index (κ1) is 13.7. The standard InChI is InChI=1S/C14H18FN3O/c1-10(2)16-8-7-14-17-13(18-19-14)9-11-5-3-4-6-12(11)15/h3-6,10,16H,7-9H2,1-2H3. The first-order chi connectivity index (χ1) is 9.15. The fourth-order valence-corrected chi connectivity index (χ4v) is 1.74. The third-order valence-corrected chi connectivity index (χ3v) is 2.71. The van der Waals surface area contributed by atoms with E-state index in [9.17, 15) is 4.39 Å². The summed E-state index contributed by atoms with van der Waals surface area (Å²) in [5.41, 5.74) is 0.579. The molecule has 4 nitrogen and oxygen atoms in total. The van der Waals surface area contributed by atoms with E-state index in [4.69, 9.17) is 4.52 Å². The molecule has 0 spiro atoms. The molecule has 0 aliphatic heterocycles. The number of aromatic nitrogens is 2. The van der Waals surface area contributed by atoms with Crippen LogP contribution < -0.4 is 5.32 Å². The summed E-state index contributed by atoms with van der Waals surface area (Å²) in [7, 11) is 0. The van der Waals surface area contributed by atoms with Gasteiger partial charge in [0, 0.05) is 25.4 Å². The highest BCUT2D eigenvalue weighted by Crippen LogP contribution is 2.11. The third kappa shape index (κ3) is 4.13. The van der Waals surface area contributed by atoms with E-state index in [0.29, 0.717) is 36.2 Å². The van der Waals surface area contributed by atoms with E-state index < -0.39 is 0 Å². The number of hydrogen-bond donors (Lipinski definition) is 1. The number of benzene rings is 1. The zero-order valence-electron chi connectivity index (χ0n) is 11.2. The average molecular weight is 263 g/mol. The monoisotopic (exact) mass is 263 g/mol. The lowest BCUT2D eigenvalue weighted by molar-refractivity contribution is 0.369. The molecule has 0 radical (unpaired) electrons. The molecule has 0 fully saturated rings. The van der Waals surface area contributed by atoms with E-state index in [0.717, 1.165) is 6.54 Å². The van der Waals surface area contributed by atoms with Gasteiger partial charge in [0.15, 0.2) is 5.82 Å². The lowest BCUT2D eigenvalue weighted by Crippen LogP contribution is -2.25. The Labute approximate surface area is 112 Å². The van der Waals surface area contributed by atoms with Crippen LogP contribution in [0.3, 0.4) is 0 Å². The zero-order chi connectivity index (χ0) is 13.7. The van der Waals surface area contributed by atoms with Gasteiger partial charge in [-0.1, -0.05) is 37.2 Å². The van der Waals surface area contributed by atoms with Gasteiger partial charge in [-0.3, -0.25) is 0 Å². The van der Waals surface area contributed by atoms with Gasteiger partial charge in [0.05, 0.1) is 0 Å². The number of nitrogens with one attached hydrogen (secondary N) is 1. The van der Waals surface area contributed by atoms with Crippen molar-refractivity contribution in [3.05, 3.63) is 47.4 Å². The van der Waals surface area contributed by atoms with Crippen molar-refractivity contribution in [2.75, 3.05) is 6.54 Å². The second kappa shape index (κ2) is 6.43. The maximum Gasteiger partial charge on any atom is 0.227 e. The molecule has 0 amide bonds. The lowest BCUT2D eigenvalue weighted by atomic mass is 10.1. The summed E-state index contributed by atoms with van der Waals surface area (Å²) in [6, 6.07) is 7.05. The Morgan fingerprint density at radius 1 is 1.32 bits per heavy atom. The highest BCUT2D eigenvalue weighted by Gasteiger charge is 2.09. The Morgan fingerprint density at radius 3 is 2.84 bits per heavy atom. The quantitative estimate of drug-likeness (QED) is 0.869. The van der Waals surface area contributed by atoms with Gasteiger partial charge in [0.25, 0.3) is 0 Å². The van der Waals surface area contributed by atoms with Crippen molar-refractivity contribution in [3.63, 3.8) is 0 Å². The molecule has 5 heteroatoms. The minimum absolute atomic E-state index is 0.240. The first-order valence-corrected chi connectivity index (χ1v) is 6.43. The van der Waals surface area contributed by atoms with Crippen LogP contribution in [0, 0.1) is 5.82 Å². The molecule has 0 saturated heterocycles. The molecule has 0 saturated carbocycles. The van der Waals surface area contributed by atoms with Gasteiger partial charge in [-0.25, -0.2) is 4.39 Å². The Kier molecular flexibility index (Phi) is 4.63. The predicted octanol–water partition coefficient (Wildman–Crippen LogP) is 2.34. The second-order valence-corrected chi connectivity index (χ2v) is 4.73. The van der Waals surface area contributed by atoms with Crippen LogP contribution in [0.5, 0.6) is 0 Å². The molecule has 1 aromatic heterocycles. The van der Waals surface area contributed by atoms with Gasteiger partial charge in [-0.2, -0.15) is 4.98 Å². The Bertz CT molecular complexity index is 525. The van der Waals surface area contributed by atoms with E-state index in [1.165, 1.54) is 6.07 Å². The molecule has 1 N–H and O–H groups in total. The van der Waals surface area contributed by atoms with Crippen molar-refractivity contribution in [1.29, 1.82) is 0 Å². The average Bonchev–Trinajstić information content (AvgIpc) is 2.79.